The van der Waals surface area contributed by atoms with Gasteiger partial charge in [0, 0.05) is 17.8 Å². The number of esters is 1. The Kier molecular flexibility index (Phi) is 4.52. The number of carbonyl (C=O) groups excluding carboxylic acids is 1. The van der Waals surface area contributed by atoms with Gasteiger partial charge < -0.3 is 14.7 Å². The number of carbonyl (C=O) groups is 1. The van der Waals surface area contributed by atoms with E-state index in [0.29, 0.717) is 17.8 Å². The molecule has 0 aliphatic heterocycles. The lowest BCUT2D eigenvalue weighted by Gasteiger charge is -2.04. The molecule has 0 radical (unpaired) electrons. The van der Waals surface area contributed by atoms with Crippen molar-refractivity contribution in [3.63, 3.8) is 0 Å². The summed E-state index contributed by atoms with van der Waals surface area (Å²) in [6.07, 6.45) is 0.922. The van der Waals surface area contributed by atoms with Gasteiger partial charge in [0.1, 0.15) is 0 Å². The Labute approximate surface area is 116 Å². The van der Waals surface area contributed by atoms with Crippen LogP contribution in [0.4, 0.5) is 0 Å². The number of H-pyrrole nitrogens is 2. The molecule has 0 saturated heterocycles. The topological polar surface area (TPSA) is 57.9 Å². The van der Waals surface area contributed by atoms with Gasteiger partial charge in [-0.1, -0.05) is 30.3 Å². The van der Waals surface area contributed by atoms with Crippen LogP contribution in [0.1, 0.15) is 23.9 Å². The zero-order valence-corrected chi connectivity index (χ0v) is 11.5. The van der Waals surface area contributed by atoms with Crippen molar-refractivity contribution in [3.05, 3.63) is 52.1 Å². The first-order valence-electron chi connectivity index (χ1n) is 6.18. The van der Waals surface area contributed by atoms with Crippen LogP contribution in [0.25, 0.3) is 0 Å². The first-order valence-corrected chi connectivity index (χ1v) is 6.59. The molecule has 0 bridgehead atoms. The fraction of sp³-hybridized carbons (Fsp3) is 0.286. The number of hydrogen-bond donors (Lipinski definition) is 2. The lowest BCUT2D eigenvalue weighted by atomic mass is 10.1. The number of imidazole rings is 1. The molecule has 0 fully saturated rings. The molecule has 0 unspecified atom stereocenters. The lowest BCUT2D eigenvalue weighted by molar-refractivity contribution is -0.142. The molecular formula is C14H16N2O2S. The normalized spacial score (nSPS) is 10.4. The quantitative estimate of drug-likeness (QED) is 0.652. The molecule has 2 rings (SSSR count). The van der Waals surface area contributed by atoms with Crippen molar-refractivity contribution < 1.29 is 9.53 Å². The molecule has 19 heavy (non-hydrogen) atoms. The third kappa shape index (κ3) is 3.79. The van der Waals surface area contributed by atoms with E-state index in [4.69, 9.17) is 17.0 Å². The minimum Gasteiger partial charge on any atom is -0.466 e. The highest BCUT2D eigenvalue weighted by atomic mass is 32.1. The second kappa shape index (κ2) is 6.33. The van der Waals surface area contributed by atoms with Gasteiger partial charge >= 0.3 is 5.97 Å². The second-order valence-corrected chi connectivity index (χ2v) is 4.59. The standard InChI is InChI=1S/C14H16N2O2S/c1-2-18-13(17)9-12-11(15-14(19)16-12)8-10-6-4-3-5-7-10/h3-7H,2,8-9H2,1H3,(H2,15,16,19). The maximum absolute atomic E-state index is 11.5. The number of aromatic nitrogens is 2. The van der Waals surface area contributed by atoms with Crippen LogP contribution >= 0.6 is 12.2 Å². The predicted molar refractivity (Wildman–Crippen MR) is 75.6 cm³/mol. The van der Waals surface area contributed by atoms with E-state index < -0.39 is 0 Å². The van der Waals surface area contributed by atoms with Crippen molar-refractivity contribution in [1.82, 2.24) is 9.97 Å². The molecule has 0 amide bonds. The SMILES string of the molecule is CCOC(=O)Cc1[nH]c(=S)[nH]c1Cc1ccccc1. The van der Waals surface area contributed by atoms with E-state index in [-0.39, 0.29) is 12.4 Å². The Morgan fingerprint density at radius 1 is 1.21 bits per heavy atom. The van der Waals surface area contributed by atoms with Crippen LogP contribution in [0.5, 0.6) is 0 Å². The molecular weight excluding hydrogens is 260 g/mol. The average molecular weight is 276 g/mol. The van der Waals surface area contributed by atoms with Crippen molar-refractivity contribution >= 4 is 18.2 Å². The van der Waals surface area contributed by atoms with E-state index in [9.17, 15) is 4.79 Å². The Morgan fingerprint density at radius 3 is 2.58 bits per heavy atom. The molecule has 5 heteroatoms. The van der Waals surface area contributed by atoms with Crippen molar-refractivity contribution in [2.45, 2.75) is 19.8 Å². The molecule has 1 aromatic heterocycles. The number of nitrogens with one attached hydrogen (secondary N) is 2. The van der Waals surface area contributed by atoms with Crippen molar-refractivity contribution in [2.75, 3.05) is 6.61 Å². The molecule has 0 aliphatic carbocycles. The van der Waals surface area contributed by atoms with Crippen LogP contribution in [0.3, 0.4) is 0 Å². The molecule has 0 spiro atoms. The zero-order valence-electron chi connectivity index (χ0n) is 10.7. The van der Waals surface area contributed by atoms with E-state index in [1.54, 1.807) is 6.92 Å². The molecule has 2 aromatic rings. The molecule has 0 aliphatic rings. The van der Waals surface area contributed by atoms with Gasteiger partial charge in [-0.05, 0) is 24.7 Å². The molecule has 0 saturated carbocycles. The number of rotatable bonds is 5. The minimum absolute atomic E-state index is 0.211. The third-order valence-electron chi connectivity index (χ3n) is 2.74. The van der Waals surface area contributed by atoms with E-state index in [2.05, 4.69) is 9.97 Å². The van der Waals surface area contributed by atoms with Crippen LogP contribution in [0, 0.1) is 4.77 Å². The highest BCUT2D eigenvalue weighted by molar-refractivity contribution is 7.71. The fourth-order valence-electron chi connectivity index (χ4n) is 1.91. The molecule has 1 aromatic carbocycles. The summed E-state index contributed by atoms with van der Waals surface area (Å²) in [7, 11) is 0. The van der Waals surface area contributed by atoms with Gasteiger partial charge in [-0.15, -0.1) is 0 Å². The number of ether oxygens (including phenoxy) is 1. The summed E-state index contributed by atoms with van der Waals surface area (Å²) in [5, 5.41) is 0. The second-order valence-electron chi connectivity index (χ2n) is 4.18. The summed E-state index contributed by atoms with van der Waals surface area (Å²) in [5.41, 5.74) is 2.90. The Morgan fingerprint density at radius 2 is 1.89 bits per heavy atom. The summed E-state index contributed by atoms with van der Waals surface area (Å²) in [4.78, 5) is 17.6. The minimum atomic E-state index is -0.248. The van der Waals surface area contributed by atoms with Crippen molar-refractivity contribution in [2.24, 2.45) is 0 Å². The average Bonchev–Trinajstić information content (AvgIpc) is 2.71. The first-order chi connectivity index (χ1) is 9.19. The van der Waals surface area contributed by atoms with Gasteiger partial charge in [0.2, 0.25) is 0 Å². The van der Waals surface area contributed by atoms with Gasteiger partial charge in [-0.3, -0.25) is 4.79 Å². The number of benzene rings is 1. The lowest BCUT2D eigenvalue weighted by Crippen LogP contribution is -2.09. The monoisotopic (exact) mass is 276 g/mol. The van der Waals surface area contributed by atoms with E-state index >= 15 is 0 Å². The first kappa shape index (κ1) is 13.5. The smallest absolute Gasteiger partial charge is 0.311 e. The number of aromatic amines is 2. The van der Waals surface area contributed by atoms with Gasteiger partial charge in [-0.2, -0.15) is 0 Å². The van der Waals surface area contributed by atoms with Crippen LogP contribution in [0.15, 0.2) is 30.3 Å². The van der Waals surface area contributed by atoms with E-state index in [0.717, 1.165) is 17.0 Å². The largest absolute Gasteiger partial charge is 0.466 e. The molecule has 100 valence electrons. The molecule has 0 atom stereocenters. The van der Waals surface area contributed by atoms with Gasteiger partial charge in [-0.25, -0.2) is 0 Å². The highest BCUT2D eigenvalue weighted by Gasteiger charge is 2.11. The van der Waals surface area contributed by atoms with E-state index in [1.807, 2.05) is 30.3 Å². The van der Waals surface area contributed by atoms with Crippen molar-refractivity contribution in [3.8, 4) is 0 Å². The maximum atomic E-state index is 11.5. The summed E-state index contributed by atoms with van der Waals surface area (Å²) < 4.78 is 5.49. The molecule has 2 N–H and O–H groups in total. The summed E-state index contributed by atoms with van der Waals surface area (Å²) in [6, 6.07) is 10.0. The maximum Gasteiger partial charge on any atom is 0.311 e. The van der Waals surface area contributed by atoms with Crippen LogP contribution < -0.4 is 0 Å². The zero-order chi connectivity index (χ0) is 13.7. The van der Waals surface area contributed by atoms with Crippen LogP contribution in [-0.4, -0.2) is 22.5 Å². The van der Waals surface area contributed by atoms with Crippen molar-refractivity contribution in [1.29, 1.82) is 0 Å². The summed E-state index contributed by atoms with van der Waals surface area (Å²) in [6.45, 7) is 2.18. The Balaban J connectivity index is 2.17. The third-order valence-corrected chi connectivity index (χ3v) is 2.95. The van der Waals surface area contributed by atoms with Gasteiger partial charge in [0.05, 0.1) is 13.0 Å². The number of hydrogen-bond acceptors (Lipinski definition) is 3. The fourth-order valence-corrected chi connectivity index (χ4v) is 2.16. The summed E-state index contributed by atoms with van der Waals surface area (Å²) in [5.74, 6) is -0.248. The Hall–Kier alpha value is -1.88. The summed E-state index contributed by atoms with van der Waals surface area (Å²) >= 11 is 5.09. The molecule has 1 heterocycles. The van der Waals surface area contributed by atoms with E-state index in [1.165, 1.54) is 0 Å². The Bertz CT molecular complexity index is 601. The van der Waals surface area contributed by atoms with Gasteiger partial charge in [0.15, 0.2) is 4.77 Å². The van der Waals surface area contributed by atoms with Crippen LogP contribution in [-0.2, 0) is 22.4 Å². The highest BCUT2D eigenvalue weighted by Crippen LogP contribution is 2.12. The molecule has 4 nitrogen and oxygen atoms in total. The van der Waals surface area contributed by atoms with Crippen LogP contribution in [0.2, 0.25) is 0 Å². The predicted octanol–water partition coefficient (Wildman–Crippen LogP) is 2.77. The van der Waals surface area contributed by atoms with Gasteiger partial charge in [0.25, 0.3) is 0 Å².